The molecule has 15 rings (SSSR count). The van der Waals surface area contributed by atoms with Crippen LogP contribution in [0.1, 0.15) is 162 Å². The lowest BCUT2D eigenvalue weighted by Gasteiger charge is -2.34. The number of likely N-dealkylation sites (tertiary alicyclic amines) is 3. The first kappa shape index (κ1) is 69.0. The maximum Gasteiger partial charge on any atom is 0.569 e. The fourth-order valence-corrected chi connectivity index (χ4v) is 15.9. The summed E-state index contributed by atoms with van der Waals surface area (Å²) >= 11 is 3.50. The van der Waals surface area contributed by atoms with Gasteiger partial charge in [-0.3, -0.25) is 14.4 Å². The Balaban J connectivity index is 0.000000129. The molecule has 97 heavy (non-hydrogen) atoms. The largest absolute Gasteiger partial charge is 0.569 e. The highest BCUT2D eigenvalue weighted by Gasteiger charge is 2.58. The van der Waals surface area contributed by atoms with E-state index in [1.54, 1.807) is 0 Å². The fraction of sp³-hybridized carbons (Fsp3) is 0.440. The van der Waals surface area contributed by atoms with E-state index in [4.69, 9.17) is 34.6 Å². The van der Waals surface area contributed by atoms with Crippen LogP contribution in [-0.4, -0.2) is 156 Å². The average Bonchev–Trinajstić information content (AvgIpc) is 1.68. The zero-order valence-electron chi connectivity index (χ0n) is 53.9. The van der Waals surface area contributed by atoms with Crippen LogP contribution in [0.4, 0.5) is 13.2 Å². The Labute approximate surface area is 570 Å². The number of rotatable bonds is 13. The van der Waals surface area contributed by atoms with Crippen molar-refractivity contribution < 1.29 is 81.1 Å². The van der Waals surface area contributed by atoms with E-state index in [9.17, 15) is 41.9 Å². The molecule has 6 aromatic rings. The van der Waals surface area contributed by atoms with Crippen molar-refractivity contribution in [3.05, 3.63) is 183 Å². The third-order valence-electron chi connectivity index (χ3n) is 21.6. The Morgan fingerprint density at radius 3 is 1.04 bits per heavy atom. The molecule has 6 heterocycles. The summed E-state index contributed by atoms with van der Waals surface area (Å²) in [5.74, 6) is -3.23. The molecule has 0 unspecified atom stereocenters. The van der Waals surface area contributed by atoms with E-state index in [-0.39, 0.29) is 69.3 Å². The minimum Gasteiger partial charge on any atom is -0.537 e. The molecule has 6 aromatic carbocycles. The molecule has 3 amide bonds. The predicted molar refractivity (Wildman–Crippen MR) is 357 cm³/mol. The van der Waals surface area contributed by atoms with Crippen molar-refractivity contribution in [3.63, 3.8) is 0 Å². The SMILES string of the molecule is O=C(O)c1cc(F)cc(-c2ccc([C@@H]3CC34CCN(C(=O)[C@H]3CCCO3)CC4)cc2)c1.O=C(O)c1cc(F)cc(-c2ccc([C@H]3CC34CCN(C(=O)[C@H]3CCCO3)CC4)cc2)c1.O=C(O)c1cc(F)cc(O[B]O)c1.O=C([C@H]1CCCO1)N1CCC2(CC1)C[C@@H]2c1ccc(Br)cc1. The smallest absolute Gasteiger partial charge is 0.537 e. The molecule has 0 aromatic heterocycles. The van der Waals surface area contributed by atoms with Gasteiger partial charge < -0.3 is 53.9 Å². The van der Waals surface area contributed by atoms with Crippen LogP contribution in [0, 0.1) is 33.7 Å². The topological polar surface area (TPSA) is 230 Å². The molecular weight excluding hydrogens is 1310 g/mol. The molecule has 9 fully saturated rings. The van der Waals surface area contributed by atoms with E-state index in [0.29, 0.717) is 55.2 Å². The van der Waals surface area contributed by atoms with E-state index in [1.807, 2.05) is 39.0 Å². The number of carbonyl (C=O) groups is 6. The number of halogens is 4. The van der Waals surface area contributed by atoms with Crippen LogP contribution in [0.25, 0.3) is 22.3 Å². The minimum atomic E-state index is -1.26. The van der Waals surface area contributed by atoms with Gasteiger partial charge in [0.05, 0.1) is 16.7 Å². The molecule has 17 nitrogen and oxygen atoms in total. The number of hydrogen-bond acceptors (Lipinski definition) is 11. The monoisotopic (exact) mass is 1390 g/mol. The number of amides is 3. The van der Waals surface area contributed by atoms with Gasteiger partial charge in [-0.05, 0) is 230 Å². The Morgan fingerprint density at radius 2 is 0.742 bits per heavy atom. The normalized spacial score (nSPS) is 23.6. The van der Waals surface area contributed by atoms with Gasteiger partial charge in [-0.25, -0.2) is 27.6 Å². The first-order chi connectivity index (χ1) is 46.7. The van der Waals surface area contributed by atoms with Gasteiger partial charge in [-0.1, -0.05) is 76.6 Å². The molecule has 509 valence electrons. The molecule has 3 aliphatic carbocycles. The van der Waals surface area contributed by atoms with Gasteiger partial charge in [0.15, 0.2) is 0 Å². The van der Waals surface area contributed by atoms with Gasteiger partial charge in [0, 0.05) is 69.6 Å². The predicted octanol–water partition coefficient (Wildman–Crippen LogP) is 13.1. The molecule has 1 radical (unpaired) electrons. The second-order valence-electron chi connectivity index (χ2n) is 27.4. The number of carboxylic acids is 3. The summed E-state index contributed by atoms with van der Waals surface area (Å²) < 4.78 is 62.5. The third kappa shape index (κ3) is 16.2. The Kier molecular flexibility index (Phi) is 21.1. The molecule has 6 aliphatic heterocycles. The number of benzene rings is 6. The summed E-state index contributed by atoms with van der Waals surface area (Å²) in [4.78, 5) is 76.4. The van der Waals surface area contributed by atoms with Crippen LogP contribution >= 0.6 is 15.9 Å². The van der Waals surface area contributed by atoms with Crippen LogP contribution in [0.2, 0.25) is 0 Å². The van der Waals surface area contributed by atoms with Crippen molar-refractivity contribution in [3.8, 4) is 28.0 Å². The zero-order valence-corrected chi connectivity index (χ0v) is 55.4. The lowest BCUT2D eigenvalue weighted by Crippen LogP contribution is -2.44. The molecule has 6 atom stereocenters. The van der Waals surface area contributed by atoms with Crippen molar-refractivity contribution >= 4 is 59.2 Å². The van der Waals surface area contributed by atoms with Crippen LogP contribution in [0.5, 0.6) is 5.75 Å². The van der Waals surface area contributed by atoms with Crippen LogP contribution in [-0.2, 0) is 28.6 Å². The number of hydrogen-bond donors (Lipinski definition) is 4. The summed E-state index contributed by atoms with van der Waals surface area (Å²) in [7, 11) is 0.348. The maximum atomic E-state index is 13.8. The number of carbonyl (C=O) groups excluding carboxylic acids is 3. The van der Waals surface area contributed by atoms with Gasteiger partial charge in [0.2, 0.25) is 0 Å². The third-order valence-corrected chi connectivity index (χ3v) is 22.1. The molecule has 9 aliphatic rings. The van der Waals surface area contributed by atoms with Crippen molar-refractivity contribution in [1.29, 1.82) is 0 Å². The van der Waals surface area contributed by atoms with Crippen molar-refractivity contribution in [2.24, 2.45) is 16.2 Å². The maximum absolute atomic E-state index is 13.8. The quantitative estimate of drug-likeness (QED) is 0.0789. The highest BCUT2D eigenvalue weighted by molar-refractivity contribution is 9.10. The summed E-state index contributed by atoms with van der Waals surface area (Å²) in [6.07, 6.45) is 14.9. The zero-order chi connectivity index (χ0) is 68.2. The lowest BCUT2D eigenvalue weighted by atomic mass is 9.88. The summed E-state index contributed by atoms with van der Waals surface area (Å²) in [5.41, 5.74) is 7.40. The Morgan fingerprint density at radius 1 is 0.433 bits per heavy atom. The summed E-state index contributed by atoms with van der Waals surface area (Å²) in [5, 5.41) is 35.1. The molecule has 6 saturated heterocycles. The standard InChI is InChI=1S/2C25H26FNO4.C18H22BrNO2.C7H5BFO4/c2*26-20-13-18(12-19(14-20)24(29)30)16-3-5-17(6-4-16)21-15-25(21)7-9-27(10-8-25)23(28)22-2-1-11-31-22;19-14-5-3-13(4-6-14)15-12-18(15)7-9-20(10-8-18)17(21)16-2-1-11-22-16;9-5-1-4(7(10)11)2-6(3-5)13-8-12/h2*3-6,12-14,21-22H,1-2,7-11,15H2,(H,29,30);3-6,15-16H,1-2,7-12H2;1-3,12H,(H,10,11)/t21-,22+;21-,22-;15-,16-;/m011./s1. The number of aromatic carboxylic acids is 3. The van der Waals surface area contributed by atoms with E-state index < -0.39 is 35.4 Å². The second kappa shape index (κ2) is 29.7. The molecule has 22 heteroatoms. The fourth-order valence-electron chi connectivity index (χ4n) is 15.6. The van der Waals surface area contributed by atoms with E-state index >= 15 is 0 Å². The van der Waals surface area contributed by atoms with Gasteiger partial charge >= 0.3 is 25.6 Å². The molecular formula is C75H79BBrF3N3O14. The highest BCUT2D eigenvalue weighted by atomic mass is 79.9. The molecule has 3 saturated carbocycles. The van der Waals surface area contributed by atoms with Gasteiger partial charge in [-0.15, -0.1) is 0 Å². The van der Waals surface area contributed by atoms with Crippen molar-refractivity contribution in [2.45, 2.75) is 132 Å². The van der Waals surface area contributed by atoms with Crippen molar-refractivity contribution in [2.75, 3.05) is 59.1 Å². The number of piperidine rings is 3. The van der Waals surface area contributed by atoms with Gasteiger partial charge in [0.25, 0.3) is 17.7 Å². The molecule has 0 bridgehead atoms. The number of ether oxygens (including phenoxy) is 3. The van der Waals surface area contributed by atoms with Gasteiger partial charge in [0.1, 0.15) is 41.5 Å². The van der Waals surface area contributed by atoms with Crippen LogP contribution < -0.4 is 4.65 Å². The summed E-state index contributed by atoms with van der Waals surface area (Å²) in [6, 6.07) is 35.5. The van der Waals surface area contributed by atoms with Crippen LogP contribution in [0.15, 0.2) is 132 Å². The van der Waals surface area contributed by atoms with E-state index in [2.05, 4.69) is 69.1 Å². The molecule has 4 N–H and O–H groups in total. The minimum absolute atomic E-state index is 0.0514. The second-order valence-corrected chi connectivity index (χ2v) is 28.3. The Hall–Kier alpha value is -7.89. The lowest BCUT2D eigenvalue weighted by molar-refractivity contribution is -0.143. The highest BCUT2D eigenvalue weighted by Crippen LogP contribution is 2.67. The Bertz CT molecular complexity index is 3690. The summed E-state index contributed by atoms with van der Waals surface area (Å²) in [6.45, 7) is 7.16. The van der Waals surface area contributed by atoms with E-state index in [1.165, 1.54) is 47.4 Å². The van der Waals surface area contributed by atoms with Gasteiger partial charge in [-0.2, -0.15) is 0 Å². The number of nitrogens with zero attached hydrogens (tertiary/aromatic N) is 3. The van der Waals surface area contributed by atoms with Crippen molar-refractivity contribution in [1.82, 2.24) is 14.7 Å². The van der Waals surface area contributed by atoms with E-state index in [0.717, 1.165) is 182 Å². The van der Waals surface area contributed by atoms with Crippen LogP contribution in [0.3, 0.4) is 0 Å². The first-order valence-corrected chi connectivity index (χ1v) is 34.4. The molecule has 3 spiro atoms. The average molecular weight is 1390 g/mol. The first-order valence-electron chi connectivity index (χ1n) is 33.6. The number of carboxylic acid groups (broad SMARTS) is 3.